The Hall–Kier alpha value is -0.0800. The molecule has 0 rings (SSSR count). The van der Waals surface area contributed by atoms with Crippen LogP contribution in [-0.4, -0.2) is 26.8 Å². The third-order valence-electron chi connectivity index (χ3n) is 2.35. The molecule has 0 aliphatic heterocycles. The van der Waals surface area contributed by atoms with Crippen LogP contribution in [0.4, 0.5) is 0 Å². The standard InChI is InChI=1S/C11H25NO/c1-5-6-11(2,3)7-9-13-10-8-12-4/h12H,5-10H2,1-4H3. The van der Waals surface area contributed by atoms with Crippen LogP contribution >= 0.6 is 0 Å². The van der Waals surface area contributed by atoms with Gasteiger partial charge in [-0.25, -0.2) is 0 Å². The summed E-state index contributed by atoms with van der Waals surface area (Å²) in [5, 5.41) is 3.07. The second-order valence-electron chi connectivity index (χ2n) is 4.38. The van der Waals surface area contributed by atoms with Crippen molar-refractivity contribution in [2.45, 2.75) is 40.0 Å². The second-order valence-corrected chi connectivity index (χ2v) is 4.38. The molecule has 0 aromatic rings. The van der Waals surface area contributed by atoms with Gasteiger partial charge in [-0.2, -0.15) is 0 Å². The summed E-state index contributed by atoms with van der Waals surface area (Å²) in [5.74, 6) is 0. The molecule has 0 amide bonds. The van der Waals surface area contributed by atoms with Gasteiger partial charge in [-0.3, -0.25) is 0 Å². The van der Waals surface area contributed by atoms with E-state index in [1.165, 1.54) is 19.3 Å². The summed E-state index contributed by atoms with van der Waals surface area (Å²) in [6, 6.07) is 0. The van der Waals surface area contributed by atoms with Crippen LogP contribution in [0.5, 0.6) is 0 Å². The topological polar surface area (TPSA) is 21.3 Å². The van der Waals surface area contributed by atoms with Gasteiger partial charge in [0.05, 0.1) is 6.61 Å². The van der Waals surface area contributed by atoms with Crippen molar-refractivity contribution in [1.82, 2.24) is 5.32 Å². The van der Waals surface area contributed by atoms with Crippen LogP contribution in [0.3, 0.4) is 0 Å². The molecule has 0 fully saturated rings. The Balaban J connectivity index is 3.29. The van der Waals surface area contributed by atoms with Crippen LogP contribution in [0, 0.1) is 5.41 Å². The van der Waals surface area contributed by atoms with Crippen LogP contribution in [0.1, 0.15) is 40.0 Å². The lowest BCUT2D eigenvalue weighted by atomic mass is 9.85. The highest BCUT2D eigenvalue weighted by molar-refractivity contribution is 4.67. The molecule has 2 heteroatoms. The Labute approximate surface area is 83.1 Å². The number of hydrogen-bond donors (Lipinski definition) is 1. The maximum atomic E-state index is 5.49. The van der Waals surface area contributed by atoms with Gasteiger partial charge in [-0.1, -0.05) is 27.2 Å². The maximum absolute atomic E-state index is 5.49. The van der Waals surface area contributed by atoms with Gasteiger partial charge in [0.15, 0.2) is 0 Å². The third-order valence-corrected chi connectivity index (χ3v) is 2.35. The molecule has 13 heavy (non-hydrogen) atoms. The molecule has 0 saturated carbocycles. The van der Waals surface area contributed by atoms with E-state index < -0.39 is 0 Å². The molecule has 0 aromatic heterocycles. The van der Waals surface area contributed by atoms with Gasteiger partial charge in [0, 0.05) is 13.2 Å². The molecule has 0 aromatic carbocycles. The minimum absolute atomic E-state index is 0.453. The normalized spacial score (nSPS) is 12.0. The Morgan fingerprint density at radius 2 is 1.85 bits per heavy atom. The fourth-order valence-corrected chi connectivity index (χ4v) is 1.43. The summed E-state index contributed by atoms with van der Waals surface area (Å²) in [6.45, 7) is 9.56. The lowest BCUT2D eigenvalue weighted by Gasteiger charge is -2.23. The van der Waals surface area contributed by atoms with Gasteiger partial charge in [0.2, 0.25) is 0 Å². The van der Waals surface area contributed by atoms with Crippen molar-refractivity contribution in [3.05, 3.63) is 0 Å². The molecule has 0 saturated heterocycles. The van der Waals surface area contributed by atoms with Crippen molar-refractivity contribution in [3.63, 3.8) is 0 Å². The average Bonchev–Trinajstić information content (AvgIpc) is 2.04. The molecule has 0 heterocycles. The Kier molecular flexibility index (Phi) is 7.29. The van der Waals surface area contributed by atoms with Gasteiger partial charge in [-0.05, 0) is 25.3 Å². The fraction of sp³-hybridized carbons (Fsp3) is 1.00. The van der Waals surface area contributed by atoms with E-state index >= 15 is 0 Å². The first-order chi connectivity index (χ1) is 6.12. The molecule has 0 atom stereocenters. The maximum Gasteiger partial charge on any atom is 0.0590 e. The van der Waals surface area contributed by atoms with Crippen LogP contribution in [-0.2, 0) is 4.74 Å². The molecule has 1 N–H and O–H groups in total. The van der Waals surface area contributed by atoms with Gasteiger partial charge < -0.3 is 10.1 Å². The highest BCUT2D eigenvalue weighted by Gasteiger charge is 2.15. The Morgan fingerprint density at radius 3 is 2.38 bits per heavy atom. The van der Waals surface area contributed by atoms with E-state index in [1.807, 2.05) is 7.05 Å². The summed E-state index contributed by atoms with van der Waals surface area (Å²) in [7, 11) is 1.95. The van der Waals surface area contributed by atoms with E-state index in [0.29, 0.717) is 5.41 Å². The van der Waals surface area contributed by atoms with Gasteiger partial charge in [0.25, 0.3) is 0 Å². The Bertz CT molecular complexity index is 113. The largest absolute Gasteiger partial charge is 0.380 e. The molecule has 0 aliphatic rings. The molecule has 2 nitrogen and oxygen atoms in total. The zero-order chi connectivity index (χ0) is 10.2. The highest BCUT2D eigenvalue weighted by Crippen LogP contribution is 2.26. The lowest BCUT2D eigenvalue weighted by molar-refractivity contribution is 0.103. The lowest BCUT2D eigenvalue weighted by Crippen LogP contribution is -2.18. The van der Waals surface area contributed by atoms with E-state index in [1.54, 1.807) is 0 Å². The number of likely N-dealkylation sites (N-methyl/N-ethyl adjacent to an activating group) is 1. The van der Waals surface area contributed by atoms with E-state index in [0.717, 1.165) is 19.8 Å². The Morgan fingerprint density at radius 1 is 1.15 bits per heavy atom. The number of nitrogens with one attached hydrogen (secondary N) is 1. The summed E-state index contributed by atoms with van der Waals surface area (Å²) in [6.07, 6.45) is 3.73. The fourth-order valence-electron chi connectivity index (χ4n) is 1.43. The highest BCUT2D eigenvalue weighted by atomic mass is 16.5. The predicted octanol–water partition coefficient (Wildman–Crippen LogP) is 2.44. The predicted molar refractivity (Wildman–Crippen MR) is 58.1 cm³/mol. The smallest absolute Gasteiger partial charge is 0.0590 e. The van der Waals surface area contributed by atoms with Crippen molar-refractivity contribution < 1.29 is 4.74 Å². The van der Waals surface area contributed by atoms with Gasteiger partial charge in [-0.15, -0.1) is 0 Å². The van der Waals surface area contributed by atoms with E-state index in [2.05, 4.69) is 26.1 Å². The molecule has 0 radical (unpaired) electrons. The number of ether oxygens (including phenoxy) is 1. The molecular weight excluding hydrogens is 162 g/mol. The SMILES string of the molecule is CCCC(C)(C)CCOCCNC. The quantitative estimate of drug-likeness (QED) is 0.589. The van der Waals surface area contributed by atoms with Crippen LogP contribution in [0.25, 0.3) is 0 Å². The molecule has 0 bridgehead atoms. The van der Waals surface area contributed by atoms with Crippen molar-refractivity contribution in [1.29, 1.82) is 0 Å². The van der Waals surface area contributed by atoms with Crippen molar-refractivity contribution in [2.75, 3.05) is 26.8 Å². The number of hydrogen-bond acceptors (Lipinski definition) is 2. The summed E-state index contributed by atoms with van der Waals surface area (Å²) in [4.78, 5) is 0. The third kappa shape index (κ3) is 8.26. The molecular formula is C11H25NO. The van der Waals surface area contributed by atoms with Gasteiger partial charge in [0.1, 0.15) is 0 Å². The molecule has 80 valence electrons. The molecule has 0 unspecified atom stereocenters. The first kappa shape index (κ1) is 12.9. The minimum Gasteiger partial charge on any atom is -0.380 e. The first-order valence-electron chi connectivity index (χ1n) is 5.35. The minimum atomic E-state index is 0.453. The summed E-state index contributed by atoms with van der Waals surface area (Å²) < 4.78 is 5.49. The zero-order valence-electron chi connectivity index (χ0n) is 9.65. The van der Waals surface area contributed by atoms with E-state index in [9.17, 15) is 0 Å². The van der Waals surface area contributed by atoms with Crippen LogP contribution in [0.2, 0.25) is 0 Å². The van der Waals surface area contributed by atoms with Crippen molar-refractivity contribution in [2.24, 2.45) is 5.41 Å². The monoisotopic (exact) mass is 187 g/mol. The number of rotatable bonds is 8. The summed E-state index contributed by atoms with van der Waals surface area (Å²) in [5.41, 5.74) is 0.453. The summed E-state index contributed by atoms with van der Waals surface area (Å²) >= 11 is 0. The van der Waals surface area contributed by atoms with Gasteiger partial charge >= 0.3 is 0 Å². The first-order valence-corrected chi connectivity index (χ1v) is 5.35. The van der Waals surface area contributed by atoms with Crippen molar-refractivity contribution >= 4 is 0 Å². The average molecular weight is 187 g/mol. The zero-order valence-corrected chi connectivity index (χ0v) is 9.65. The van der Waals surface area contributed by atoms with Crippen molar-refractivity contribution in [3.8, 4) is 0 Å². The van der Waals surface area contributed by atoms with E-state index in [4.69, 9.17) is 4.74 Å². The van der Waals surface area contributed by atoms with E-state index in [-0.39, 0.29) is 0 Å². The second kappa shape index (κ2) is 7.34. The molecule has 0 aliphatic carbocycles. The van der Waals surface area contributed by atoms with Crippen LogP contribution in [0.15, 0.2) is 0 Å². The van der Waals surface area contributed by atoms with Crippen LogP contribution < -0.4 is 5.32 Å². The molecule has 0 spiro atoms.